The molecule has 0 fully saturated rings. The van der Waals surface area contributed by atoms with Crippen molar-refractivity contribution in [3.05, 3.63) is 24.5 Å². The first kappa shape index (κ1) is 13.6. The van der Waals surface area contributed by atoms with Crippen LogP contribution in [0.15, 0.2) is 29.7 Å². The van der Waals surface area contributed by atoms with E-state index in [4.69, 9.17) is 5.84 Å². The predicted molar refractivity (Wildman–Crippen MR) is 77.0 cm³/mol. The lowest BCUT2D eigenvalue weighted by atomic mass is 10.4. The van der Waals surface area contributed by atoms with Gasteiger partial charge in [-0.2, -0.15) is 5.10 Å². The Hall–Kier alpha value is -1.80. The fourth-order valence-corrected chi connectivity index (χ4v) is 1.95. The monoisotopic (exact) mass is 279 g/mol. The van der Waals surface area contributed by atoms with Crippen molar-refractivity contribution >= 4 is 23.4 Å². The molecule has 102 valence electrons. The molecule has 7 nitrogen and oxygen atoms in total. The minimum absolute atomic E-state index is 0.605. The van der Waals surface area contributed by atoms with Crippen molar-refractivity contribution in [2.45, 2.75) is 18.1 Å². The summed E-state index contributed by atoms with van der Waals surface area (Å²) in [5, 5.41) is 8.09. The summed E-state index contributed by atoms with van der Waals surface area (Å²) in [6.45, 7) is 1.69. The van der Waals surface area contributed by atoms with Crippen LogP contribution in [0.3, 0.4) is 0 Å². The predicted octanol–water partition coefficient (Wildman–Crippen LogP) is 1.18. The van der Waals surface area contributed by atoms with Gasteiger partial charge >= 0.3 is 0 Å². The van der Waals surface area contributed by atoms with E-state index in [-0.39, 0.29) is 0 Å². The molecular formula is C11H17N7S. The Bertz CT molecular complexity index is 477. The highest BCUT2D eigenvalue weighted by atomic mass is 32.2. The van der Waals surface area contributed by atoms with E-state index >= 15 is 0 Å². The molecule has 2 aromatic heterocycles. The van der Waals surface area contributed by atoms with Gasteiger partial charge in [0, 0.05) is 31.5 Å². The van der Waals surface area contributed by atoms with Crippen molar-refractivity contribution in [3.63, 3.8) is 0 Å². The number of rotatable bonds is 7. The fourth-order valence-electron chi connectivity index (χ4n) is 1.57. The quantitative estimate of drug-likeness (QED) is 0.230. The molecule has 0 radical (unpaired) electrons. The topological polar surface area (TPSA) is 93.7 Å². The lowest BCUT2D eigenvalue weighted by molar-refractivity contribution is 0.591. The standard InChI is InChI=1S/C11H17N7S/c1-19-11-15-9(8-10(16-11)17-12)13-4-2-6-18-7-3-5-14-18/h3,5,7-8H,2,4,6,12H2,1H3,(H2,13,15,16,17). The van der Waals surface area contributed by atoms with Gasteiger partial charge in [0.25, 0.3) is 0 Å². The third kappa shape index (κ3) is 4.11. The van der Waals surface area contributed by atoms with E-state index in [0.29, 0.717) is 11.0 Å². The molecule has 8 heteroatoms. The largest absolute Gasteiger partial charge is 0.370 e. The molecule has 0 aliphatic rings. The number of hydrogen-bond acceptors (Lipinski definition) is 7. The van der Waals surface area contributed by atoms with Gasteiger partial charge in [0.2, 0.25) is 0 Å². The van der Waals surface area contributed by atoms with Crippen LogP contribution in [0, 0.1) is 0 Å². The number of hydrogen-bond donors (Lipinski definition) is 3. The van der Waals surface area contributed by atoms with E-state index in [0.717, 1.165) is 25.3 Å². The first-order valence-electron chi connectivity index (χ1n) is 5.93. The average Bonchev–Trinajstić information content (AvgIpc) is 2.96. The summed E-state index contributed by atoms with van der Waals surface area (Å²) in [4.78, 5) is 8.56. The van der Waals surface area contributed by atoms with Gasteiger partial charge in [-0.25, -0.2) is 15.8 Å². The maximum atomic E-state index is 5.37. The van der Waals surface area contributed by atoms with E-state index in [2.05, 4.69) is 25.8 Å². The van der Waals surface area contributed by atoms with Gasteiger partial charge in [0.15, 0.2) is 5.16 Å². The number of thioether (sulfide) groups is 1. The lowest BCUT2D eigenvalue weighted by Crippen LogP contribution is -2.12. The van der Waals surface area contributed by atoms with Gasteiger partial charge < -0.3 is 10.7 Å². The van der Waals surface area contributed by atoms with E-state index < -0.39 is 0 Å². The SMILES string of the molecule is CSc1nc(NN)cc(NCCCn2cccn2)n1. The number of nitrogens with one attached hydrogen (secondary N) is 2. The Morgan fingerprint density at radius 3 is 2.89 bits per heavy atom. The Balaban J connectivity index is 1.84. The van der Waals surface area contributed by atoms with Gasteiger partial charge in [-0.15, -0.1) is 0 Å². The van der Waals surface area contributed by atoms with Crippen molar-refractivity contribution in [3.8, 4) is 0 Å². The minimum atomic E-state index is 0.605. The van der Waals surface area contributed by atoms with Gasteiger partial charge in [-0.1, -0.05) is 11.8 Å². The molecule has 0 aliphatic heterocycles. The average molecular weight is 279 g/mol. The highest BCUT2D eigenvalue weighted by Gasteiger charge is 2.02. The summed E-state index contributed by atoms with van der Waals surface area (Å²) in [7, 11) is 0. The molecule has 0 atom stereocenters. The summed E-state index contributed by atoms with van der Waals surface area (Å²) < 4.78 is 1.90. The molecule has 0 saturated heterocycles. The molecule has 0 aliphatic carbocycles. The summed E-state index contributed by atoms with van der Waals surface area (Å²) in [5.41, 5.74) is 2.54. The molecule has 0 spiro atoms. The smallest absolute Gasteiger partial charge is 0.191 e. The van der Waals surface area contributed by atoms with Crippen molar-refractivity contribution in [1.29, 1.82) is 0 Å². The van der Waals surface area contributed by atoms with Gasteiger partial charge in [-0.3, -0.25) is 4.68 Å². The summed E-state index contributed by atoms with van der Waals surface area (Å²) in [6, 6.07) is 3.70. The third-order valence-electron chi connectivity index (χ3n) is 2.47. The van der Waals surface area contributed by atoms with Crippen LogP contribution in [0.4, 0.5) is 11.6 Å². The highest BCUT2D eigenvalue weighted by molar-refractivity contribution is 7.98. The zero-order chi connectivity index (χ0) is 13.5. The zero-order valence-electron chi connectivity index (χ0n) is 10.7. The first-order valence-corrected chi connectivity index (χ1v) is 7.15. The van der Waals surface area contributed by atoms with Crippen LogP contribution in [0.1, 0.15) is 6.42 Å². The number of aromatic nitrogens is 4. The molecule has 0 bridgehead atoms. The van der Waals surface area contributed by atoms with Crippen LogP contribution in [-0.4, -0.2) is 32.5 Å². The number of nitrogen functional groups attached to an aromatic ring is 1. The molecule has 0 unspecified atom stereocenters. The van der Waals surface area contributed by atoms with Crippen molar-refractivity contribution < 1.29 is 0 Å². The second kappa shape index (κ2) is 6.95. The Labute approximate surface area is 116 Å². The second-order valence-electron chi connectivity index (χ2n) is 3.82. The lowest BCUT2D eigenvalue weighted by Gasteiger charge is -2.08. The van der Waals surface area contributed by atoms with E-state index in [1.807, 2.05) is 23.2 Å². The van der Waals surface area contributed by atoms with Gasteiger partial charge in [0.1, 0.15) is 11.6 Å². The molecule has 4 N–H and O–H groups in total. The van der Waals surface area contributed by atoms with Crippen molar-refractivity contribution in [1.82, 2.24) is 19.7 Å². The Morgan fingerprint density at radius 2 is 2.21 bits per heavy atom. The Morgan fingerprint density at radius 1 is 1.37 bits per heavy atom. The van der Waals surface area contributed by atoms with Crippen LogP contribution in [0.25, 0.3) is 0 Å². The highest BCUT2D eigenvalue weighted by Crippen LogP contribution is 2.16. The van der Waals surface area contributed by atoms with Crippen LogP contribution in [-0.2, 0) is 6.54 Å². The normalized spacial score (nSPS) is 10.4. The maximum Gasteiger partial charge on any atom is 0.191 e. The molecule has 0 amide bonds. The summed E-state index contributed by atoms with van der Waals surface area (Å²) >= 11 is 1.48. The fraction of sp³-hybridized carbons (Fsp3) is 0.364. The molecule has 2 heterocycles. The number of hydrazine groups is 1. The van der Waals surface area contributed by atoms with Gasteiger partial charge in [-0.05, 0) is 18.7 Å². The number of anilines is 2. The Kier molecular flexibility index (Phi) is 4.99. The molecule has 0 saturated carbocycles. The number of nitrogens with two attached hydrogens (primary N) is 1. The van der Waals surface area contributed by atoms with E-state index in [9.17, 15) is 0 Å². The van der Waals surface area contributed by atoms with Crippen molar-refractivity contribution in [2.75, 3.05) is 23.5 Å². The molecule has 2 aromatic rings. The van der Waals surface area contributed by atoms with Crippen LogP contribution >= 0.6 is 11.8 Å². The second-order valence-corrected chi connectivity index (χ2v) is 4.59. The van der Waals surface area contributed by atoms with Crippen LogP contribution in [0.2, 0.25) is 0 Å². The summed E-state index contributed by atoms with van der Waals surface area (Å²) in [5.74, 6) is 6.75. The minimum Gasteiger partial charge on any atom is -0.370 e. The zero-order valence-corrected chi connectivity index (χ0v) is 11.5. The van der Waals surface area contributed by atoms with Crippen molar-refractivity contribution in [2.24, 2.45) is 5.84 Å². The molecular weight excluding hydrogens is 262 g/mol. The maximum absolute atomic E-state index is 5.37. The number of nitrogens with zero attached hydrogens (tertiary/aromatic N) is 4. The first-order chi connectivity index (χ1) is 9.31. The van der Waals surface area contributed by atoms with Crippen LogP contribution < -0.4 is 16.6 Å². The summed E-state index contributed by atoms with van der Waals surface area (Å²) in [6.07, 6.45) is 6.62. The van der Waals surface area contributed by atoms with E-state index in [1.54, 1.807) is 12.3 Å². The molecule has 19 heavy (non-hydrogen) atoms. The van der Waals surface area contributed by atoms with Crippen LogP contribution in [0.5, 0.6) is 0 Å². The third-order valence-corrected chi connectivity index (χ3v) is 3.01. The molecule has 2 rings (SSSR count). The number of aryl methyl sites for hydroxylation is 1. The molecule has 0 aromatic carbocycles. The van der Waals surface area contributed by atoms with Gasteiger partial charge in [0.05, 0.1) is 0 Å². The van der Waals surface area contributed by atoms with E-state index in [1.165, 1.54) is 11.8 Å².